The second-order valence-corrected chi connectivity index (χ2v) is 11.1. The number of aliphatic hydroxyl groups is 1. The predicted octanol–water partition coefficient (Wildman–Crippen LogP) is 1.39. The largest absolute Gasteiger partial charge is 1.00 e. The number of rotatable bonds is 6. The predicted molar refractivity (Wildman–Crippen MR) is 115 cm³/mol. The summed E-state index contributed by atoms with van der Waals surface area (Å²) in [5, 5.41) is 14.8. The van der Waals surface area contributed by atoms with Gasteiger partial charge in [-0.15, -0.1) is 0 Å². The molecular weight excluding hydrogens is 415 g/mol. The molecule has 0 unspecified atom stereocenters. The standard InChI is InChI=1S/C24H28OP.BrH/c1-20(24(2,3)25)19-26(21-13-7-4-8-14-21,22-15-9-5-10-16-22)23-17-11-6-12-18-23;/h4-18,20,25H,19H2,1-3H3;1H/q+1;/p-1/t20-;/m1./s1. The van der Waals surface area contributed by atoms with Crippen LogP contribution in [0.25, 0.3) is 0 Å². The van der Waals surface area contributed by atoms with E-state index in [9.17, 15) is 5.11 Å². The van der Waals surface area contributed by atoms with Gasteiger partial charge in [0.05, 0.1) is 11.8 Å². The Morgan fingerprint density at radius 3 is 1.26 bits per heavy atom. The van der Waals surface area contributed by atoms with Crippen molar-refractivity contribution in [2.75, 3.05) is 6.16 Å². The lowest BCUT2D eigenvalue weighted by molar-refractivity contribution is -0.0000179. The van der Waals surface area contributed by atoms with Crippen LogP contribution in [-0.2, 0) is 0 Å². The topological polar surface area (TPSA) is 20.2 Å². The molecule has 0 saturated carbocycles. The molecule has 0 aromatic heterocycles. The minimum atomic E-state index is -1.87. The van der Waals surface area contributed by atoms with Crippen molar-refractivity contribution in [3.8, 4) is 0 Å². The van der Waals surface area contributed by atoms with Crippen LogP contribution in [0.4, 0.5) is 0 Å². The molecule has 1 nitrogen and oxygen atoms in total. The first-order valence-corrected chi connectivity index (χ1v) is 11.2. The minimum Gasteiger partial charge on any atom is -1.00 e. The van der Waals surface area contributed by atoms with E-state index >= 15 is 0 Å². The summed E-state index contributed by atoms with van der Waals surface area (Å²) >= 11 is 0. The Bertz CT molecular complexity index is 717. The van der Waals surface area contributed by atoms with E-state index in [2.05, 4.69) is 97.9 Å². The molecule has 27 heavy (non-hydrogen) atoms. The molecule has 1 atom stereocenters. The summed E-state index contributed by atoms with van der Waals surface area (Å²) in [5.41, 5.74) is -0.719. The number of benzene rings is 3. The molecule has 0 spiro atoms. The van der Waals surface area contributed by atoms with Gasteiger partial charge in [-0.1, -0.05) is 61.5 Å². The zero-order chi connectivity index (χ0) is 18.6. The van der Waals surface area contributed by atoms with Crippen molar-refractivity contribution in [3.05, 3.63) is 91.0 Å². The zero-order valence-electron chi connectivity index (χ0n) is 16.2. The molecule has 0 fully saturated rings. The molecule has 0 aliphatic carbocycles. The van der Waals surface area contributed by atoms with Gasteiger partial charge in [-0.2, -0.15) is 0 Å². The van der Waals surface area contributed by atoms with Crippen LogP contribution in [0.1, 0.15) is 20.8 Å². The molecule has 0 aliphatic heterocycles. The Kier molecular flexibility index (Phi) is 7.40. The highest BCUT2D eigenvalue weighted by molar-refractivity contribution is 7.95. The minimum absolute atomic E-state index is 0. The Hall–Kier alpha value is -1.47. The maximum absolute atomic E-state index is 10.7. The van der Waals surface area contributed by atoms with Gasteiger partial charge in [0.1, 0.15) is 23.2 Å². The Labute approximate surface area is 174 Å². The van der Waals surface area contributed by atoms with E-state index in [1.54, 1.807) is 0 Å². The molecule has 0 radical (unpaired) electrons. The van der Waals surface area contributed by atoms with Gasteiger partial charge < -0.3 is 22.1 Å². The van der Waals surface area contributed by atoms with Crippen molar-refractivity contribution < 1.29 is 22.1 Å². The van der Waals surface area contributed by atoms with E-state index in [0.29, 0.717) is 0 Å². The summed E-state index contributed by atoms with van der Waals surface area (Å²) in [4.78, 5) is 0. The highest BCUT2D eigenvalue weighted by Gasteiger charge is 2.48. The van der Waals surface area contributed by atoms with Crippen LogP contribution in [0.3, 0.4) is 0 Å². The lowest BCUT2D eigenvalue weighted by Gasteiger charge is -2.34. The molecule has 0 heterocycles. The summed E-state index contributed by atoms with van der Waals surface area (Å²) in [6.07, 6.45) is 0.939. The Balaban J connectivity index is 0.00000261. The van der Waals surface area contributed by atoms with Crippen LogP contribution in [0, 0.1) is 5.92 Å². The first-order chi connectivity index (χ1) is 12.4. The van der Waals surface area contributed by atoms with Crippen molar-refractivity contribution in [1.82, 2.24) is 0 Å². The summed E-state index contributed by atoms with van der Waals surface area (Å²) in [6, 6.07) is 32.5. The van der Waals surface area contributed by atoms with E-state index < -0.39 is 12.9 Å². The summed E-state index contributed by atoms with van der Waals surface area (Å²) in [5.74, 6) is 0.163. The van der Waals surface area contributed by atoms with Crippen molar-refractivity contribution >= 4 is 23.2 Å². The highest BCUT2D eigenvalue weighted by Crippen LogP contribution is 2.57. The maximum Gasteiger partial charge on any atom is 0.112 e. The molecule has 142 valence electrons. The maximum atomic E-state index is 10.7. The van der Waals surface area contributed by atoms with Gasteiger partial charge >= 0.3 is 0 Å². The van der Waals surface area contributed by atoms with Crippen molar-refractivity contribution in [3.63, 3.8) is 0 Å². The molecule has 0 amide bonds. The van der Waals surface area contributed by atoms with Gasteiger partial charge in [0, 0.05) is 5.92 Å². The van der Waals surface area contributed by atoms with Crippen LogP contribution in [0.5, 0.6) is 0 Å². The molecule has 3 rings (SSSR count). The summed E-state index contributed by atoms with van der Waals surface area (Å²) in [7, 11) is -1.87. The van der Waals surface area contributed by atoms with E-state index in [1.165, 1.54) is 15.9 Å². The summed E-state index contributed by atoms with van der Waals surface area (Å²) < 4.78 is 0. The third-order valence-electron chi connectivity index (χ3n) is 5.34. The van der Waals surface area contributed by atoms with Crippen LogP contribution in [0.15, 0.2) is 91.0 Å². The van der Waals surface area contributed by atoms with E-state index in [-0.39, 0.29) is 22.9 Å². The fourth-order valence-electron chi connectivity index (χ4n) is 3.45. The van der Waals surface area contributed by atoms with Gasteiger partial charge in [-0.25, -0.2) is 0 Å². The quantitative estimate of drug-likeness (QED) is 0.572. The first kappa shape index (κ1) is 21.8. The van der Waals surface area contributed by atoms with E-state index in [1.807, 2.05) is 13.8 Å². The van der Waals surface area contributed by atoms with Crippen molar-refractivity contribution in [2.45, 2.75) is 26.4 Å². The van der Waals surface area contributed by atoms with E-state index in [4.69, 9.17) is 0 Å². The van der Waals surface area contributed by atoms with Gasteiger partial charge in [-0.3, -0.25) is 0 Å². The van der Waals surface area contributed by atoms with Crippen molar-refractivity contribution in [2.24, 2.45) is 5.92 Å². The monoisotopic (exact) mass is 442 g/mol. The lowest BCUT2D eigenvalue weighted by atomic mass is 9.95. The highest BCUT2D eigenvalue weighted by atomic mass is 79.9. The van der Waals surface area contributed by atoms with Crippen molar-refractivity contribution in [1.29, 1.82) is 0 Å². The van der Waals surface area contributed by atoms with Crippen LogP contribution in [0.2, 0.25) is 0 Å². The van der Waals surface area contributed by atoms with Gasteiger partial charge in [0.15, 0.2) is 0 Å². The van der Waals surface area contributed by atoms with Crippen LogP contribution >= 0.6 is 7.26 Å². The van der Waals surface area contributed by atoms with Gasteiger partial charge in [-0.05, 0) is 50.2 Å². The third kappa shape index (κ3) is 4.69. The smallest absolute Gasteiger partial charge is 0.112 e. The molecule has 3 aromatic rings. The fourth-order valence-corrected chi connectivity index (χ4v) is 8.28. The lowest BCUT2D eigenvalue weighted by Crippen LogP contribution is -3.00. The molecule has 0 aliphatic rings. The molecular formula is C24H28BrOP. The number of halogens is 1. The molecule has 3 aromatic carbocycles. The number of hydrogen-bond acceptors (Lipinski definition) is 1. The second-order valence-electron chi connectivity index (χ2n) is 7.55. The average Bonchev–Trinajstić information content (AvgIpc) is 2.67. The normalized spacial score (nSPS) is 12.9. The molecule has 0 saturated heterocycles. The fraction of sp³-hybridized carbons (Fsp3) is 0.250. The zero-order valence-corrected chi connectivity index (χ0v) is 18.7. The summed E-state index contributed by atoms with van der Waals surface area (Å²) in [6.45, 7) is 6.02. The van der Waals surface area contributed by atoms with E-state index in [0.717, 1.165) is 6.16 Å². The van der Waals surface area contributed by atoms with Crippen LogP contribution in [-0.4, -0.2) is 16.9 Å². The van der Waals surface area contributed by atoms with Crippen LogP contribution < -0.4 is 32.9 Å². The Morgan fingerprint density at radius 1 is 0.704 bits per heavy atom. The SMILES string of the molecule is C[C@H](C[P+](c1ccccc1)(c1ccccc1)c1ccccc1)C(C)(C)O.[Br-]. The third-order valence-corrected chi connectivity index (χ3v) is 9.98. The molecule has 1 N–H and O–H groups in total. The second kappa shape index (κ2) is 9.15. The molecule has 0 bridgehead atoms. The van der Waals surface area contributed by atoms with Gasteiger partial charge in [0.25, 0.3) is 0 Å². The van der Waals surface area contributed by atoms with Gasteiger partial charge in [0.2, 0.25) is 0 Å². The number of hydrogen-bond donors (Lipinski definition) is 1. The molecule has 3 heteroatoms. The first-order valence-electron chi connectivity index (χ1n) is 9.22. The average molecular weight is 443 g/mol. The Morgan fingerprint density at radius 2 is 1.00 bits per heavy atom.